The van der Waals surface area contributed by atoms with Crippen LogP contribution in [0.5, 0.6) is 0 Å². The van der Waals surface area contributed by atoms with Crippen LogP contribution in [0.2, 0.25) is 0 Å². The summed E-state index contributed by atoms with van der Waals surface area (Å²) in [5, 5.41) is 2.59. The van der Waals surface area contributed by atoms with E-state index in [4.69, 9.17) is 0 Å². The maximum Gasteiger partial charge on any atom is 0.0118 e. The van der Waals surface area contributed by atoms with Gasteiger partial charge in [-0.2, -0.15) is 0 Å². The van der Waals surface area contributed by atoms with Gasteiger partial charge in [0.25, 0.3) is 0 Å². The molecule has 5 aromatic rings. The third-order valence-corrected chi connectivity index (χ3v) is 9.42. The molecule has 2 aliphatic rings. The molecule has 0 amide bonds. The van der Waals surface area contributed by atoms with Gasteiger partial charge in [0.1, 0.15) is 0 Å². The molecule has 1 unspecified atom stereocenters. The molecule has 0 saturated carbocycles. The van der Waals surface area contributed by atoms with Gasteiger partial charge in [-0.3, -0.25) is 0 Å². The topological polar surface area (TPSA) is 0 Å². The number of hydrogen-bond donors (Lipinski definition) is 0. The van der Waals surface area contributed by atoms with Gasteiger partial charge in [0.15, 0.2) is 0 Å². The fourth-order valence-electron chi connectivity index (χ4n) is 7.25. The molecule has 1 atom stereocenters. The van der Waals surface area contributed by atoms with E-state index in [1.807, 2.05) is 52.8 Å². The summed E-state index contributed by atoms with van der Waals surface area (Å²) in [6.45, 7) is 19.1. The zero-order valence-electron chi connectivity index (χ0n) is 28.7. The number of allylic oxidation sites excluding steroid dienone is 6. The van der Waals surface area contributed by atoms with Gasteiger partial charge in [0, 0.05) is 11.3 Å². The first kappa shape index (κ1) is 32.7. The minimum atomic E-state index is 0.00649. The third kappa shape index (κ3) is 5.85. The Balaban J connectivity index is 0.00000100. The molecule has 0 spiro atoms. The second-order valence-electron chi connectivity index (χ2n) is 12.1. The lowest BCUT2D eigenvalue weighted by molar-refractivity contribution is 0.614. The summed E-state index contributed by atoms with van der Waals surface area (Å²) < 4.78 is 0. The van der Waals surface area contributed by atoms with Crippen molar-refractivity contribution >= 4 is 22.4 Å². The Labute approximate surface area is 277 Å². The van der Waals surface area contributed by atoms with Crippen LogP contribution in [0.4, 0.5) is 0 Å². The van der Waals surface area contributed by atoms with Gasteiger partial charge in [-0.1, -0.05) is 187 Å². The Morgan fingerprint density at radius 1 is 0.717 bits per heavy atom. The van der Waals surface area contributed by atoms with E-state index in [0.29, 0.717) is 5.92 Å². The van der Waals surface area contributed by atoms with Crippen LogP contribution in [-0.2, 0) is 11.8 Å². The van der Waals surface area contributed by atoms with E-state index < -0.39 is 0 Å². The fourth-order valence-corrected chi connectivity index (χ4v) is 7.25. The van der Waals surface area contributed by atoms with E-state index in [-0.39, 0.29) is 5.41 Å². The zero-order chi connectivity index (χ0) is 32.8. The van der Waals surface area contributed by atoms with Crippen molar-refractivity contribution in [2.75, 3.05) is 0 Å². The SMILES string of the molecule is C=C(/C=C\C=C/C)c1ccc(-c2ccc(-c3cccc4ccccc34)c3c2C=C2C(C3)c3ccccc3C2(C)C)cc1.CC.CC. The minimum Gasteiger partial charge on any atom is -0.0912 e. The van der Waals surface area contributed by atoms with Crippen molar-refractivity contribution in [3.8, 4) is 22.3 Å². The summed E-state index contributed by atoms with van der Waals surface area (Å²) in [6, 6.07) is 38.2. The molecule has 5 aromatic carbocycles. The zero-order valence-corrected chi connectivity index (χ0v) is 28.7. The molecule has 0 N–H and O–H groups in total. The van der Waals surface area contributed by atoms with Crippen LogP contribution >= 0.6 is 0 Å². The Morgan fingerprint density at radius 3 is 2.15 bits per heavy atom. The molecule has 2 aliphatic carbocycles. The molecular formula is C46H48. The largest absolute Gasteiger partial charge is 0.0912 e. The summed E-state index contributed by atoms with van der Waals surface area (Å²) in [4.78, 5) is 0. The highest BCUT2D eigenvalue weighted by atomic mass is 14.5. The first-order valence-corrected chi connectivity index (χ1v) is 17.0. The number of fused-ring (bicyclic) bond motifs is 5. The van der Waals surface area contributed by atoms with Crippen molar-refractivity contribution in [1.29, 1.82) is 0 Å². The lowest BCUT2D eigenvalue weighted by Gasteiger charge is -2.31. The van der Waals surface area contributed by atoms with Gasteiger partial charge in [-0.25, -0.2) is 0 Å². The Hall–Kier alpha value is -4.68. The standard InChI is InChI=1S/C42H36.2C2H6/c1-5-6-7-13-28(2)29-20-22-31(23-21-29)33-24-25-35(34-18-12-15-30-14-8-9-16-32(30)34)37-26-39-36-17-10-11-19-40(36)42(3,4)41(39)27-38(33)37;2*1-2/h5-25,27,39H,2,26H2,1,3-4H3;2*1-2H3/b6-5-,13-7-;;. The van der Waals surface area contributed by atoms with Crippen LogP contribution in [0.3, 0.4) is 0 Å². The molecule has 0 heteroatoms. The second-order valence-corrected chi connectivity index (χ2v) is 12.1. The first-order valence-electron chi connectivity index (χ1n) is 17.0. The fraction of sp³-hybridized carbons (Fsp3) is 0.217. The van der Waals surface area contributed by atoms with Crippen LogP contribution in [0, 0.1) is 0 Å². The summed E-state index contributed by atoms with van der Waals surface area (Å²) in [5.74, 6) is 0.405. The molecule has 0 nitrogen and oxygen atoms in total. The van der Waals surface area contributed by atoms with Crippen molar-refractivity contribution in [3.63, 3.8) is 0 Å². The van der Waals surface area contributed by atoms with Gasteiger partial charge in [-0.15, -0.1) is 0 Å². The highest BCUT2D eigenvalue weighted by molar-refractivity contribution is 5.99. The van der Waals surface area contributed by atoms with Gasteiger partial charge >= 0.3 is 0 Å². The number of benzene rings is 5. The lowest BCUT2D eigenvalue weighted by Crippen LogP contribution is -2.20. The van der Waals surface area contributed by atoms with Crippen LogP contribution in [0.15, 0.2) is 140 Å². The lowest BCUT2D eigenvalue weighted by atomic mass is 9.72. The van der Waals surface area contributed by atoms with Crippen molar-refractivity contribution in [2.24, 2.45) is 0 Å². The maximum absolute atomic E-state index is 4.28. The second kappa shape index (κ2) is 14.2. The predicted octanol–water partition coefficient (Wildman–Crippen LogP) is 13.4. The van der Waals surface area contributed by atoms with Gasteiger partial charge in [0.05, 0.1) is 0 Å². The maximum atomic E-state index is 4.28. The summed E-state index contributed by atoms with van der Waals surface area (Å²) >= 11 is 0. The molecule has 7 rings (SSSR count). The molecule has 0 aliphatic heterocycles. The van der Waals surface area contributed by atoms with Crippen LogP contribution < -0.4 is 0 Å². The van der Waals surface area contributed by atoms with Gasteiger partial charge < -0.3 is 0 Å². The number of rotatable bonds is 5. The summed E-state index contributed by atoms with van der Waals surface area (Å²) in [6.07, 6.45) is 11.7. The Kier molecular flexibility index (Phi) is 10.1. The molecule has 232 valence electrons. The Morgan fingerprint density at radius 2 is 1.39 bits per heavy atom. The minimum absolute atomic E-state index is 0.00649. The van der Waals surface area contributed by atoms with E-state index in [0.717, 1.165) is 17.6 Å². The highest BCUT2D eigenvalue weighted by Crippen LogP contribution is 2.56. The van der Waals surface area contributed by atoms with E-state index >= 15 is 0 Å². The van der Waals surface area contributed by atoms with E-state index in [2.05, 4.69) is 136 Å². The summed E-state index contributed by atoms with van der Waals surface area (Å²) in [5.41, 5.74) is 14.7. The predicted molar refractivity (Wildman–Crippen MR) is 204 cm³/mol. The molecule has 0 bridgehead atoms. The van der Waals surface area contributed by atoms with Crippen molar-refractivity contribution in [2.45, 2.75) is 66.2 Å². The normalized spacial score (nSPS) is 15.6. The quantitative estimate of drug-likeness (QED) is 0.176. The molecule has 0 aromatic heterocycles. The molecule has 46 heavy (non-hydrogen) atoms. The van der Waals surface area contributed by atoms with E-state index in [1.165, 1.54) is 60.9 Å². The van der Waals surface area contributed by atoms with Gasteiger partial charge in [-0.05, 0) is 79.8 Å². The molecule has 0 fully saturated rings. The highest BCUT2D eigenvalue weighted by Gasteiger charge is 2.43. The van der Waals surface area contributed by atoms with E-state index in [9.17, 15) is 0 Å². The first-order chi connectivity index (χ1) is 22.5. The third-order valence-electron chi connectivity index (χ3n) is 9.42. The molecular weight excluding hydrogens is 553 g/mol. The van der Waals surface area contributed by atoms with Crippen LogP contribution in [-0.4, -0.2) is 0 Å². The molecule has 0 heterocycles. The van der Waals surface area contributed by atoms with Crippen molar-refractivity contribution in [1.82, 2.24) is 0 Å². The summed E-state index contributed by atoms with van der Waals surface area (Å²) in [7, 11) is 0. The molecule has 0 saturated heterocycles. The van der Waals surface area contributed by atoms with Gasteiger partial charge in [0.2, 0.25) is 0 Å². The molecule has 0 radical (unpaired) electrons. The number of hydrogen-bond acceptors (Lipinski definition) is 0. The van der Waals surface area contributed by atoms with Crippen LogP contribution in [0.1, 0.15) is 82.2 Å². The van der Waals surface area contributed by atoms with E-state index in [1.54, 1.807) is 0 Å². The smallest absolute Gasteiger partial charge is 0.0118 e. The monoisotopic (exact) mass is 600 g/mol. The van der Waals surface area contributed by atoms with Crippen molar-refractivity contribution < 1.29 is 0 Å². The average Bonchev–Trinajstić information content (AvgIpc) is 3.34. The average molecular weight is 601 g/mol. The van der Waals surface area contributed by atoms with Crippen molar-refractivity contribution in [3.05, 3.63) is 167 Å². The Bertz CT molecular complexity index is 1930. The van der Waals surface area contributed by atoms with Crippen LogP contribution in [0.25, 0.3) is 44.7 Å².